The zero-order valence-corrected chi connectivity index (χ0v) is 10.9. The molecule has 0 heterocycles. The van der Waals surface area contributed by atoms with Crippen LogP contribution in [0, 0.1) is 5.82 Å². The van der Waals surface area contributed by atoms with E-state index in [0.717, 1.165) is 0 Å². The fraction of sp³-hybridized carbons (Fsp3) is 0.133. The predicted octanol–water partition coefficient (Wildman–Crippen LogP) is 2.85. The van der Waals surface area contributed by atoms with Gasteiger partial charge in [-0.2, -0.15) is 0 Å². The number of benzene rings is 2. The summed E-state index contributed by atoms with van der Waals surface area (Å²) in [6.45, 7) is -0.207. The van der Waals surface area contributed by atoms with E-state index in [0.29, 0.717) is 17.2 Å². The second-order valence-corrected chi connectivity index (χ2v) is 3.99. The minimum atomic E-state index is -0.410. The van der Waals surface area contributed by atoms with E-state index in [9.17, 15) is 9.18 Å². The lowest BCUT2D eigenvalue weighted by atomic mass is 10.3. The molecule has 0 aliphatic heterocycles. The summed E-state index contributed by atoms with van der Waals surface area (Å²) in [6, 6.07) is 12.7. The fourth-order valence-corrected chi connectivity index (χ4v) is 1.64. The molecule has 4 nitrogen and oxygen atoms in total. The largest absolute Gasteiger partial charge is 0.495 e. The van der Waals surface area contributed by atoms with Crippen molar-refractivity contribution >= 4 is 11.6 Å². The second-order valence-electron chi connectivity index (χ2n) is 3.99. The van der Waals surface area contributed by atoms with Gasteiger partial charge in [0, 0.05) is 6.07 Å². The van der Waals surface area contributed by atoms with Crippen molar-refractivity contribution in [1.82, 2.24) is 0 Å². The van der Waals surface area contributed by atoms with Gasteiger partial charge in [-0.05, 0) is 24.3 Å². The molecule has 0 radical (unpaired) electrons. The Bertz CT molecular complexity index is 601. The highest BCUT2D eigenvalue weighted by atomic mass is 19.1. The summed E-state index contributed by atoms with van der Waals surface area (Å²) in [5.74, 6) is 0.109. The monoisotopic (exact) mass is 275 g/mol. The summed E-state index contributed by atoms with van der Waals surface area (Å²) in [4.78, 5) is 11.8. The first kappa shape index (κ1) is 13.9. The summed E-state index contributed by atoms with van der Waals surface area (Å²) in [5.41, 5.74) is 0.558. The van der Waals surface area contributed by atoms with Crippen LogP contribution < -0.4 is 14.8 Å². The van der Waals surface area contributed by atoms with Gasteiger partial charge in [-0.3, -0.25) is 4.79 Å². The van der Waals surface area contributed by atoms with Crippen LogP contribution in [-0.4, -0.2) is 19.6 Å². The van der Waals surface area contributed by atoms with Gasteiger partial charge in [0.2, 0.25) is 0 Å². The molecular weight excluding hydrogens is 261 g/mol. The first-order chi connectivity index (χ1) is 9.69. The van der Waals surface area contributed by atoms with Crippen molar-refractivity contribution in [2.75, 3.05) is 19.0 Å². The number of hydrogen-bond acceptors (Lipinski definition) is 3. The van der Waals surface area contributed by atoms with Crippen LogP contribution in [0.25, 0.3) is 0 Å². The standard InChI is InChI=1S/C15H14FNO3/c1-19-14-8-3-2-7-13(14)17-15(18)10-20-12-6-4-5-11(16)9-12/h2-9H,10H2,1H3,(H,17,18). The number of carbonyl (C=O) groups is 1. The van der Waals surface area contributed by atoms with Crippen LogP contribution in [0.5, 0.6) is 11.5 Å². The van der Waals surface area contributed by atoms with E-state index in [1.807, 2.05) is 0 Å². The lowest BCUT2D eigenvalue weighted by Gasteiger charge is -2.10. The zero-order chi connectivity index (χ0) is 14.4. The van der Waals surface area contributed by atoms with E-state index >= 15 is 0 Å². The van der Waals surface area contributed by atoms with Gasteiger partial charge in [-0.15, -0.1) is 0 Å². The lowest BCUT2D eigenvalue weighted by Crippen LogP contribution is -2.20. The van der Waals surface area contributed by atoms with Crippen LogP contribution in [-0.2, 0) is 4.79 Å². The number of carbonyl (C=O) groups excluding carboxylic acids is 1. The van der Waals surface area contributed by atoms with Gasteiger partial charge in [0.25, 0.3) is 5.91 Å². The van der Waals surface area contributed by atoms with E-state index in [4.69, 9.17) is 9.47 Å². The lowest BCUT2D eigenvalue weighted by molar-refractivity contribution is -0.118. The van der Waals surface area contributed by atoms with Crippen LogP contribution in [0.3, 0.4) is 0 Å². The number of nitrogens with one attached hydrogen (secondary N) is 1. The van der Waals surface area contributed by atoms with Crippen LogP contribution >= 0.6 is 0 Å². The Kier molecular flexibility index (Phi) is 4.55. The number of ether oxygens (including phenoxy) is 2. The number of anilines is 1. The second kappa shape index (κ2) is 6.56. The molecule has 0 unspecified atom stereocenters. The average molecular weight is 275 g/mol. The van der Waals surface area contributed by atoms with Gasteiger partial charge in [0.1, 0.15) is 17.3 Å². The SMILES string of the molecule is COc1ccccc1NC(=O)COc1cccc(F)c1. The Morgan fingerprint density at radius 1 is 1.20 bits per heavy atom. The third-order valence-corrected chi connectivity index (χ3v) is 2.55. The zero-order valence-electron chi connectivity index (χ0n) is 10.9. The van der Waals surface area contributed by atoms with Gasteiger partial charge in [-0.25, -0.2) is 4.39 Å². The topological polar surface area (TPSA) is 47.6 Å². The number of hydrogen-bond donors (Lipinski definition) is 1. The van der Waals surface area contributed by atoms with E-state index in [1.54, 1.807) is 30.3 Å². The van der Waals surface area contributed by atoms with Gasteiger partial charge in [0.15, 0.2) is 6.61 Å². The van der Waals surface area contributed by atoms with Crippen LogP contribution in [0.4, 0.5) is 10.1 Å². The van der Waals surface area contributed by atoms with Crippen LogP contribution in [0.15, 0.2) is 48.5 Å². The molecule has 0 aromatic heterocycles. The highest BCUT2D eigenvalue weighted by Crippen LogP contribution is 2.22. The number of halogens is 1. The maximum Gasteiger partial charge on any atom is 0.262 e. The molecule has 0 bridgehead atoms. The highest BCUT2D eigenvalue weighted by Gasteiger charge is 2.07. The molecule has 0 atom stereocenters. The Hall–Kier alpha value is -2.56. The van der Waals surface area contributed by atoms with E-state index in [2.05, 4.69) is 5.32 Å². The molecule has 0 aliphatic rings. The Labute approximate surface area is 116 Å². The molecule has 2 aromatic rings. The van der Waals surface area contributed by atoms with Crippen molar-refractivity contribution in [2.24, 2.45) is 0 Å². The van der Waals surface area contributed by atoms with Crippen molar-refractivity contribution in [1.29, 1.82) is 0 Å². The van der Waals surface area contributed by atoms with Gasteiger partial charge >= 0.3 is 0 Å². The first-order valence-corrected chi connectivity index (χ1v) is 6.00. The van der Waals surface area contributed by atoms with Crippen molar-refractivity contribution in [3.05, 3.63) is 54.3 Å². The van der Waals surface area contributed by atoms with E-state index < -0.39 is 5.82 Å². The summed E-state index contributed by atoms with van der Waals surface area (Å²) in [5, 5.41) is 2.66. The summed E-state index contributed by atoms with van der Waals surface area (Å²) in [7, 11) is 1.52. The number of amides is 1. The fourth-order valence-electron chi connectivity index (χ4n) is 1.64. The number of methoxy groups -OCH3 is 1. The molecule has 104 valence electrons. The molecular formula is C15H14FNO3. The normalized spacial score (nSPS) is 9.90. The summed E-state index contributed by atoms with van der Waals surface area (Å²) in [6.07, 6.45) is 0. The molecule has 20 heavy (non-hydrogen) atoms. The Morgan fingerprint density at radius 2 is 2.00 bits per heavy atom. The molecule has 1 N–H and O–H groups in total. The minimum Gasteiger partial charge on any atom is -0.495 e. The van der Waals surface area contributed by atoms with Crippen molar-refractivity contribution < 1.29 is 18.7 Å². The predicted molar refractivity (Wildman–Crippen MR) is 73.5 cm³/mol. The molecule has 0 aliphatic carbocycles. The van der Waals surface area contributed by atoms with Gasteiger partial charge < -0.3 is 14.8 Å². The van der Waals surface area contributed by atoms with Gasteiger partial charge in [0.05, 0.1) is 12.8 Å². The summed E-state index contributed by atoms with van der Waals surface area (Å²) >= 11 is 0. The molecule has 2 aromatic carbocycles. The molecule has 2 rings (SSSR count). The van der Waals surface area contributed by atoms with Crippen molar-refractivity contribution in [2.45, 2.75) is 0 Å². The molecule has 0 saturated carbocycles. The average Bonchev–Trinajstić information content (AvgIpc) is 2.46. The van der Waals surface area contributed by atoms with Crippen LogP contribution in [0.1, 0.15) is 0 Å². The smallest absolute Gasteiger partial charge is 0.262 e. The molecule has 0 saturated heterocycles. The van der Waals surface area contributed by atoms with Crippen molar-refractivity contribution in [3.63, 3.8) is 0 Å². The molecule has 0 spiro atoms. The third kappa shape index (κ3) is 3.71. The van der Waals surface area contributed by atoms with Crippen LogP contribution in [0.2, 0.25) is 0 Å². The first-order valence-electron chi connectivity index (χ1n) is 6.00. The molecule has 0 fully saturated rings. The molecule has 1 amide bonds. The highest BCUT2D eigenvalue weighted by molar-refractivity contribution is 5.93. The molecule has 5 heteroatoms. The summed E-state index contributed by atoms with van der Waals surface area (Å²) < 4.78 is 23.3. The van der Waals surface area contributed by atoms with Crippen molar-refractivity contribution in [3.8, 4) is 11.5 Å². The maximum atomic E-state index is 12.9. The maximum absolute atomic E-state index is 12.9. The Morgan fingerprint density at radius 3 is 2.75 bits per heavy atom. The van der Waals surface area contributed by atoms with E-state index in [1.165, 1.54) is 25.3 Å². The Balaban J connectivity index is 1.93. The quantitative estimate of drug-likeness (QED) is 0.912. The third-order valence-electron chi connectivity index (χ3n) is 2.55. The number of rotatable bonds is 5. The van der Waals surface area contributed by atoms with E-state index in [-0.39, 0.29) is 12.5 Å². The minimum absolute atomic E-state index is 0.207. The number of para-hydroxylation sites is 2. The van der Waals surface area contributed by atoms with Gasteiger partial charge in [-0.1, -0.05) is 18.2 Å².